The molecule has 2 N–H and O–H groups in total. The summed E-state index contributed by atoms with van der Waals surface area (Å²) in [5.41, 5.74) is 0. The molecule has 2 aliphatic rings. The van der Waals surface area contributed by atoms with Crippen LogP contribution in [-0.4, -0.2) is 67.3 Å². The van der Waals surface area contributed by atoms with Crippen molar-refractivity contribution in [2.45, 2.75) is 50.7 Å². The van der Waals surface area contributed by atoms with Crippen LogP contribution in [0, 0.1) is 11.8 Å². The maximum atomic E-state index is 12.8. The van der Waals surface area contributed by atoms with Gasteiger partial charge in [-0.1, -0.05) is 11.8 Å². The molecule has 28 heavy (non-hydrogen) atoms. The number of nitrogens with zero attached hydrogens (tertiary/aromatic N) is 6. The molecule has 2 aromatic rings. The van der Waals surface area contributed by atoms with Crippen LogP contribution in [0.5, 0.6) is 0 Å². The Morgan fingerprint density at radius 2 is 1.82 bits per heavy atom. The van der Waals surface area contributed by atoms with Gasteiger partial charge in [-0.3, -0.25) is 4.79 Å². The van der Waals surface area contributed by atoms with Crippen LogP contribution in [0.25, 0.3) is 5.78 Å². The predicted octanol–water partition coefficient (Wildman–Crippen LogP) is 2.12. The van der Waals surface area contributed by atoms with Gasteiger partial charge in [0.25, 0.3) is 5.78 Å². The average molecular weight is 405 g/mol. The number of carbonyl (C=O) groups excluding carboxylic acids is 1. The number of hydrogen-bond donors (Lipinski definition) is 2. The van der Waals surface area contributed by atoms with Gasteiger partial charge in [0.15, 0.2) is 5.16 Å². The number of anilines is 2. The van der Waals surface area contributed by atoms with Crippen LogP contribution in [0.3, 0.4) is 0 Å². The lowest BCUT2D eigenvalue weighted by Crippen LogP contribution is -2.41. The smallest absolute Gasteiger partial charge is 0.261 e. The molecule has 4 rings (SSSR count). The van der Waals surface area contributed by atoms with E-state index in [9.17, 15) is 4.79 Å². The highest BCUT2D eigenvalue weighted by Gasteiger charge is 2.44. The second-order valence-electron chi connectivity index (χ2n) is 7.51. The molecule has 0 spiro atoms. The standard InChI is InChI=1S/C18H28N8OS/c1-4-19-15-21-16(20-5-2)26-17(22-15)23-24-18(26)28-10-13(27)25(3)14(11-6-7-11)12-8-9-12/h11-12,14H,4-10H2,1-3H3,(H2,19,20,21,22,23). The van der Waals surface area contributed by atoms with Gasteiger partial charge in [-0.05, 0) is 51.4 Å². The van der Waals surface area contributed by atoms with E-state index < -0.39 is 0 Å². The molecule has 0 atom stereocenters. The molecule has 0 bridgehead atoms. The molecule has 2 fully saturated rings. The zero-order chi connectivity index (χ0) is 19.7. The van der Waals surface area contributed by atoms with E-state index >= 15 is 0 Å². The number of amides is 1. The van der Waals surface area contributed by atoms with Crippen LogP contribution >= 0.6 is 11.8 Å². The monoisotopic (exact) mass is 404 g/mol. The van der Waals surface area contributed by atoms with Crippen LogP contribution in [0.2, 0.25) is 0 Å². The first-order valence-corrected chi connectivity index (χ1v) is 11.1. The fourth-order valence-electron chi connectivity index (χ4n) is 3.68. The van der Waals surface area contributed by atoms with Gasteiger partial charge in [-0.2, -0.15) is 9.97 Å². The average Bonchev–Trinajstić information content (AvgIpc) is 3.61. The molecule has 152 valence electrons. The number of rotatable bonds is 10. The third kappa shape index (κ3) is 4.01. The lowest BCUT2D eigenvalue weighted by atomic mass is 10.1. The van der Waals surface area contributed by atoms with Crippen molar-refractivity contribution in [1.29, 1.82) is 0 Å². The molecule has 0 saturated heterocycles. The summed E-state index contributed by atoms with van der Waals surface area (Å²) in [5.74, 6) is 3.53. The normalized spacial score (nSPS) is 16.6. The quantitative estimate of drug-likeness (QED) is 0.581. The minimum Gasteiger partial charge on any atom is -0.355 e. The largest absolute Gasteiger partial charge is 0.355 e. The maximum Gasteiger partial charge on any atom is 0.261 e. The first kappa shape index (κ1) is 19.2. The minimum atomic E-state index is 0.153. The van der Waals surface area contributed by atoms with Crippen LogP contribution in [0.1, 0.15) is 39.5 Å². The number of hydrogen-bond acceptors (Lipinski definition) is 8. The van der Waals surface area contributed by atoms with E-state index in [1.807, 2.05) is 25.8 Å². The van der Waals surface area contributed by atoms with E-state index in [1.165, 1.54) is 37.4 Å². The number of carbonyl (C=O) groups is 1. The molecular weight excluding hydrogens is 376 g/mol. The van der Waals surface area contributed by atoms with Crippen LogP contribution in [0.15, 0.2) is 5.16 Å². The molecule has 2 heterocycles. The Morgan fingerprint density at radius 3 is 2.43 bits per heavy atom. The first-order valence-electron chi connectivity index (χ1n) is 10.1. The van der Waals surface area contributed by atoms with Crippen LogP contribution in [0.4, 0.5) is 11.9 Å². The number of fused-ring (bicyclic) bond motifs is 1. The Balaban J connectivity index is 1.48. The molecule has 0 aromatic carbocycles. The second kappa shape index (κ2) is 8.10. The second-order valence-corrected chi connectivity index (χ2v) is 8.45. The Labute approximate surface area is 169 Å². The summed E-state index contributed by atoms with van der Waals surface area (Å²) in [6.45, 7) is 5.43. The lowest BCUT2D eigenvalue weighted by Gasteiger charge is -2.28. The Morgan fingerprint density at radius 1 is 1.14 bits per heavy atom. The first-order chi connectivity index (χ1) is 13.6. The molecule has 2 aliphatic carbocycles. The van der Waals surface area contributed by atoms with Gasteiger partial charge in [0.2, 0.25) is 17.8 Å². The Bertz CT molecular complexity index is 835. The highest BCUT2D eigenvalue weighted by molar-refractivity contribution is 7.99. The van der Waals surface area contributed by atoms with Crippen molar-refractivity contribution in [2.24, 2.45) is 11.8 Å². The van der Waals surface area contributed by atoms with E-state index in [0.717, 1.165) is 6.54 Å². The molecule has 10 heteroatoms. The van der Waals surface area contributed by atoms with Gasteiger partial charge < -0.3 is 15.5 Å². The van der Waals surface area contributed by atoms with Crippen molar-refractivity contribution in [1.82, 2.24) is 29.5 Å². The third-order valence-electron chi connectivity index (χ3n) is 5.29. The van der Waals surface area contributed by atoms with Gasteiger partial charge in [0, 0.05) is 26.2 Å². The highest BCUT2D eigenvalue weighted by atomic mass is 32.2. The maximum absolute atomic E-state index is 12.8. The number of aromatic nitrogens is 5. The minimum absolute atomic E-state index is 0.153. The summed E-state index contributed by atoms with van der Waals surface area (Å²) in [5, 5.41) is 15.4. The zero-order valence-electron chi connectivity index (χ0n) is 16.7. The molecular formula is C18H28N8OS. The number of nitrogens with one attached hydrogen (secondary N) is 2. The lowest BCUT2D eigenvalue weighted by molar-refractivity contribution is -0.130. The Hall–Kier alpha value is -2.10. The van der Waals surface area contributed by atoms with E-state index in [2.05, 4.69) is 30.8 Å². The van der Waals surface area contributed by atoms with E-state index in [1.54, 1.807) is 4.40 Å². The van der Waals surface area contributed by atoms with E-state index in [4.69, 9.17) is 0 Å². The van der Waals surface area contributed by atoms with E-state index in [0.29, 0.717) is 53.0 Å². The molecule has 0 radical (unpaired) electrons. The molecule has 9 nitrogen and oxygen atoms in total. The van der Waals surface area contributed by atoms with Crippen molar-refractivity contribution in [3.8, 4) is 0 Å². The number of thioether (sulfide) groups is 1. The summed E-state index contributed by atoms with van der Waals surface area (Å²) in [4.78, 5) is 23.7. The third-order valence-corrected chi connectivity index (χ3v) is 6.20. The van der Waals surface area contributed by atoms with E-state index in [-0.39, 0.29) is 5.91 Å². The van der Waals surface area contributed by atoms with Crippen LogP contribution in [-0.2, 0) is 4.79 Å². The molecule has 2 aromatic heterocycles. The fourth-order valence-corrected chi connectivity index (χ4v) is 4.54. The van der Waals surface area contributed by atoms with Crippen molar-refractivity contribution in [2.75, 3.05) is 36.5 Å². The Kier molecular flexibility index (Phi) is 5.56. The van der Waals surface area contributed by atoms with Gasteiger partial charge in [0.1, 0.15) is 0 Å². The predicted molar refractivity (Wildman–Crippen MR) is 110 cm³/mol. The van der Waals surface area contributed by atoms with Gasteiger partial charge in [0.05, 0.1) is 5.75 Å². The van der Waals surface area contributed by atoms with Crippen molar-refractivity contribution >= 4 is 35.3 Å². The van der Waals surface area contributed by atoms with Crippen molar-refractivity contribution < 1.29 is 4.79 Å². The van der Waals surface area contributed by atoms with Gasteiger partial charge >= 0.3 is 0 Å². The summed E-state index contributed by atoms with van der Waals surface area (Å²) in [6.07, 6.45) is 5.05. The van der Waals surface area contributed by atoms with Gasteiger partial charge in [-0.25, -0.2) is 4.40 Å². The molecule has 1 amide bonds. The molecule has 0 aliphatic heterocycles. The fraction of sp³-hybridized carbons (Fsp3) is 0.722. The highest BCUT2D eigenvalue weighted by Crippen LogP contribution is 2.47. The van der Waals surface area contributed by atoms with Crippen LogP contribution < -0.4 is 10.6 Å². The summed E-state index contributed by atoms with van der Waals surface area (Å²) in [7, 11) is 1.96. The van der Waals surface area contributed by atoms with Crippen molar-refractivity contribution in [3.63, 3.8) is 0 Å². The summed E-state index contributed by atoms with van der Waals surface area (Å²) < 4.78 is 1.78. The summed E-state index contributed by atoms with van der Waals surface area (Å²) in [6, 6.07) is 0.423. The molecule has 0 unspecified atom stereocenters. The topological polar surface area (TPSA) is 100 Å². The molecule has 2 saturated carbocycles. The van der Waals surface area contributed by atoms with Gasteiger partial charge in [-0.15, -0.1) is 10.2 Å². The SMILES string of the molecule is CCNc1nc(NCC)n2c(SCC(=O)N(C)C(C3CC3)C3CC3)nnc2n1. The summed E-state index contributed by atoms with van der Waals surface area (Å²) >= 11 is 1.39. The van der Waals surface area contributed by atoms with Crippen molar-refractivity contribution in [3.05, 3.63) is 0 Å². The zero-order valence-corrected chi connectivity index (χ0v) is 17.5.